The quantitative estimate of drug-likeness (QED) is 0.645. The summed E-state index contributed by atoms with van der Waals surface area (Å²) in [4.78, 5) is 12.5. The lowest BCUT2D eigenvalue weighted by atomic mass is 9.94. The minimum atomic E-state index is -0.421. The second-order valence-corrected chi connectivity index (χ2v) is 5.34. The van der Waals surface area contributed by atoms with Gasteiger partial charge in [-0.25, -0.2) is 0 Å². The number of aliphatic hydroxyl groups is 1. The molecule has 1 saturated carbocycles. The number of anilines is 1. The maximum atomic E-state index is 12.5. The summed E-state index contributed by atoms with van der Waals surface area (Å²) < 4.78 is 5.07. The summed E-state index contributed by atoms with van der Waals surface area (Å²) in [5, 5.41) is 12.0. The molecule has 5 nitrogen and oxygen atoms in total. The number of carbonyl (C=O) groups is 1. The van der Waals surface area contributed by atoms with Crippen LogP contribution in [0, 0.1) is 0 Å². The van der Waals surface area contributed by atoms with Gasteiger partial charge in [0.2, 0.25) is 5.91 Å². The molecule has 0 heterocycles. The van der Waals surface area contributed by atoms with Crippen molar-refractivity contribution in [2.75, 3.05) is 26.1 Å². The summed E-state index contributed by atoms with van der Waals surface area (Å²) in [6.45, 7) is 0.438. The highest BCUT2D eigenvalue weighted by atomic mass is 16.5. The number of aliphatic hydroxyl groups excluding tert-OH is 1. The van der Waals surface area contributed by atoms with Gasteiger partial charge in [-0.1, -0.05) is 12.1 Å². The minimum Gasteiger partial charge on any atom is -0.399 e. The van der Waals surface area contributed by atoms with Gasteiger partial charge in [-0.2, -0.15) is 0 Å². The summed E-state index contributed by atoms with van der Waals surface area (Å²) in [6.07, 6.45) is 2.19. The maximum Gasteiger partial charge on any atom is 0.230 e. The standard InChI is InChI=1S/C15H22N2O3/c1-20-10-13(6-9-18)17-14(19)15(7-8-15)11-2-4-12(16)5-3-11/h2-5,13,18H,6-10,16H2,1H3,(H,17,19). The van der Waals surface area contributed by atoms with Crippen molar-refractivity contribution < 1.29 is 14.6 Å². The van der Waals surface area contributed by atoms with Crippen LogP contribution in [0.3, 0.4) is 0 Å². The van der Waals surface area contributed by atoms with Crippen LogP contribution in [-0.4, -0.2) is 37.4 Å². The molecule has 1 aliphatic rings. The molecule has 4 N–H and O–H groups in total. The molecule has 5 heteroatoms. The monoisotopic (exact) mass is 278 g/mol. The Bertz CT molecular complexity index is 449. The Labute approximate surface area is 119 Å². The van der Waals surface area contributed by atoms with Crippen LogP contribution in [0.5, 0.6) is 0 Å². The van der Waals surface area contributed by atoms with E-state index in [1.54, 1.807) is 7.11 Å². The minimum absolute atomic E-state index is 0.0118. The number of hydrogen-bond acceptors (Lipinski definition) is 4. The van der Waals surface area contributed by atoms with Crippen LogP contribution in [0.2, 0.25) is 0 Å². The molecule has 1 aliphatic carbocycles. The highest BCUT2D eigenvalue weighted by Gasteiger charge is 2.51. The molecule has 110 valence electrons. The van der Waals surface area contributed by atoms with Gasteiger partial charge in [0, 0.05) is 19.4 Å². The Kier molecular flexibility index (Phi) is 4.62. The van der Waals surface area contributed by atoms with E-state index in [1.165, 1.54) is 0 Å². The molecule has 20 heavy (non-hydrogen) atoms. The third-order valence-corrected chi connectivity index (χ3v) is 3.83. The van der Waals surface area contributed by atoms with Crippen molar-refractivity contribution in [1.29, 1.82) is 0 Å². The molecular weight excluding hydrogens is 256 g/mol. The lowest BCUT2D eigenvalue weighted by Gasteiger charge is -2.22. The van der Waals surface area contributed by atoms with E-state index in [9.17, 15) is 4.79 Å². The fraction of sp³-hybridized carbons (Fsp3) is 0.533. The van der Waals surface area contributed by atoms with Gasteiger partial charge in [-0.05, 0) is 37.0 Å². The summed E-state index contributed by atoms with van der Waals surface area (Å²) in [7, 11) is 1.59. The highest BCUT2D eigenvalue weighted by Crippen LogP contribution is 2.48. The van der Waals surface area contributed by atoms with Crippen molar-refractivity contribution in [3.8, 4) is 0 Å². The van der Waals surface area contributed by atoms with Crippen molar-refractivity contribution in [3.63, 3.8) is 0 Å². The molecule has 1 amide bonds. The largest absolute Gasteiger partial charge is 0.399 e. The molecule has 0 aliphatic heterocycles. The van der Waals surface area contributed by atoms with E-state index < -0.39 is 5.41 Å². The van der Waals surface area contributed by atoms with E-state index in [0.29, 0.717) is 18.7 Å². The SMILES string of the molecule is COCC(CCO)NC(=O)C1(c2ccc(N)cc2)CC1. The number of methoxy groups -OCH3 is 1. The second-order valence-electron chi connectivity index (χ2n) is 5.34. The fourth-order valence-corrected chi connectivity index (χ4v) is 2.45. The van der Waals surface area contributed by atoms with Gasteiger partial charge in [0.1, 0.15) is 0 Å². The molecule has 1 aromatic carbocycles. The number of nitrogens with two attached hydrogens (primary N) is 1. The smallest absolute Gasteiger partial charge is 0.230 e. The molecule has 2 rings (SSSR count). The van der Waals surface area contributed by atoms with E-state index >= 15 is 0 Å². The van der Waals surface area contributed by atoms with E-state index in [4.69, 9.17) is 15.6 Å². The average molecular weight is 278 g/mol. The van der Waals surface area contributed by atoms with E-state index in [-0.39, 0.29) is 18.6 Å². The van der Waals surface area contributed by atoms with Crippen LogP contribution < -0.4 is 11.1 Å². The van der Waals surface area contributed by atoms with Crippen LogP contribution in [0.4, 0.5) is 5.69 Å². The van der Waals surface area contributed by atoms with Gasteiger partial charge in [-0.15, -0.1) is 0 Å². The first-order valence-corrected chi connectivity index (χ1v) is 6.89. The number of nitrogens with one attached hydrogen (secondary N) is 1. The first-order valence-electron chi connectivity index (χ1n) is 6.89. The maximum absolute atomic E-state index is 12.5. The lowest BCUT2D eigenvalue weighted by Crippen LogP contribution is -2.44. The number of carbonyl (C=O) groups excluding carboxylic acids is 1. The fourth-order valence-electron chi connectivity index (χ4n) is 2.45. The predicted octanol–water partition coefficient (Wildman–Crippen LogP) is 0.814. The number of rotatable bonds is 7. The summed E-state index contributed by atoms with van der Waals surface area (Å²) in [6, 6.07) is 7.33. The lowest BCUT2D eigenvalue weighted by molar-refractivity contribution is -0.124. The zero-order valence-electron chi connectivity index (χ0n) is 11.8. The number of hydrogen-bond donors (Lipinski definition) is 3. The van der Waals surface area contributed by atoms with E-state index in [1.807, 2.05) is 24.3 Å². The van der Waals surface area contributed by atoms with E-state index in [0.717, 1.165) is 18.4 Å². The van der Waals surface area contributed by atoms with Crippen molar-refractivity contribution in [1.82, 2.24) is 5.32 Å². The molecule has 0 bridgehead atoms. The molecule has 1 fully saturated rings. The highest BCUT2D eigenvalue weighted by molar-refractivity contribution is 5.91. The van der Waals surface area contributed by atoms with Gasteiger partial charge in [-0.3, -0.25) is 4.79 Å². The summed E-state index contributed by atoms with van der Waals surface area (Å²) >= 11 is 0. The zero-order chi connectivity index (χ0) is 14.6. The van der Waals surface area contributed by atoms with Gasteiger partial charge in [0.15, 0.2) is 0 Å². The van der Waals surface area contributed by atoms with Gasteiger partial charge in [0.25, 0.3) is 0 Å². The third kappa shape index (κ3) is 3.11. The molecule has 1 atom stereocenters. The molecule has 0 spiro atoms. The van der Waals surface area contributed by atoms with Crippen LogP contribution >= 0.6 is 0 Å². The van der Waals surface area contributed by atoms with E-state index in [2.05, 4.69) is 5.32 Å². The first-order chi connectivity index (χ1) is 9.62. The zero-order valence-corrected chi connectivity index (χ0v) is 11.8. The van der Waals surface area contributed by atoms with Gasteiger partial charge >= 0.3 is 0 Å². The molecule has 0 radical (unpaired) electrons. The van der Waals surface area contributed by atoms with Crippen LogP contribution in [0.1, 0.15) is 24.8 Å². The Morgan fingerprint density at radius 2 is 2.10 bits per heavy atom. The number of amides is 1. The Balaban J connectivity index is 2.05. The molecular formula is C15H22N2O3. The number of ether oxygens (including phenoxy) is 1. The van der Waals surface area contributed by atoms with Crippen molar-refractivity contribution >= 4 is 11.6 Å². The van der Waals surface area contributed by atoms with Gasteiger partial charge in [0.05, 0.1) is 18.1 Å². The Morgan fingerprint density at radius 1 is 1.45 bits per heavy atom. The third-order valence-electron chi connectivity index (χ3n) is 3.83. The van der Waals surface area contributed by atoms with Crippen molar-refractivity contribution in [3.05, 3.63) is 29.8 Å². The first kappa shape index (κ1) is 14.8. The van der Waals surface area contributed by atoms with Crippen molar-refractivity contribution in [2.45, 2.75) is 30.7 Å². The number of benzene rings is 1. The average Bonchev–Trinajstić information content (AvgIpc) is 3.21. The van der Waals surface area contributed by atoms with Crippen LogP contribution in [-0.2, 0) is 14.9 Å². The Morgan fingerprint density at radius 3 is 2.60 bits per heavy atom. The second kappa shape index (κ2) is 6.24. The predicted molar refractivity (Wildman–Crippen MR) is 77.3 cm³/mol. The summed E-state index contributed by atoms with van der Waals surface area (Å²) in [5.41, 5.74) is 6.96. The topological polar surface area (TPSA) is 84.6 Å². The van der Waals surface area contributed by atoms with Gasteiger partial charge < -0.3 is 20.9 Å². The summed E-state index contributed by atoms with van der Waals surface area (Å²) in [5.74, 6) is 0.0118. The normalized spacial score (nSPS) is 17.5. The molecule has 1 unspecified atom stereocenters. The Hall–Kier alpha value is -1.59. The molecule has 0 aromatic heterocycles. The molecule has 1 aromatic rings. The van der Waals surface area contributed by atoms with Crippen LogP contribution in [0.15, 0.2) is 24.3 Å². The molecule has 0 saturated heterocycles. The van der Waals surface area contributed by atoms with Crippen molar-refractivity contribution in [2.24, 2.45) is 0 Å². The van der Waals surface area contributed by atoms with Crippen LogP contribution in [0.25, 0.3) is 0 Å². The number of nitrogen functional groups attached to an aromatic ring is 1.